The third-order valence-corrected chi connectivity index (χ3v) is 2.90. The molecule has 0 aliphatic rings. The highest BCUT2D eigenvalue weighted by molar-refractivity contribution is 7.13. The Bertz CT molecular complexity index is 479. The summed E-state index contributed by atoms with van der Waals surface area (Å²) in [6, 6.07) is 9.59. The van der Waals surface area contributed by atoms with Crippen LogP contribution in [0.5, 0.6) is 0 Å². The predicted molar refractivity (Wildman–Crippen MR) is 62.4 cm³/mol. The highest BCUT2D eigenvalue weighted by Crippen LogP contribution is 2.13. The van der Waals surface area contributed by atoms with Crippen molar-refractivity contribution < 1.29 is 9.53 Å². The van der Waals surface area contributed by atoms with Crippen LogP contribution in [0.3, 0.4) is 0 Å². The molecule has 0 amide bonds. The average Bonchev–Trinajstić information content (AvgIpc) is 2.74. The van der Waals surface area contributed by atoms with Crippen molar-refractivity contribution in [3.8, 4) is 0 Å². The maximum Gasteiger partial charge on any atom is 0.367 e. The van der Waals surface area contributed by atoms with Gasteiger partial charge in [0, 0.05) is 11.1 Å². The maximum atomic E-state index is 11.6. The van der Waals surface area contributed by atoms with Crippen LogP contribution in [0.25, 0.3) is 0 Å². The van der Waals surface area contributed by atoms with Gasteiger partial charge in [0.2, 0.25) is 5.01 Å². The van der Waals surface area contributed by atoms with E-state index >= 15 is 0 Å². The van der Waals surface area contributed by atoms with Gasteiger partial charge in [-0.15, -0.1) is 11.3 Å². The lowest BCUT2D eigenvalue weighted by Gasteiger charge is -2.01. The van der Waals surface area contributed by atoms with Crippen LogP contribution in [0.1, 0.15) is 20.2 Å². The zero-order valence-corrected chi connectivity index (χ0v) is 9.66. The fourth-order valence-electron chi connectivity index (χ4n) is 1.23. The number of carbonyl (C=O) groups excluding carboxylic acids is 1. The summed E-state index contributed by atoms with van der Waals surface area (Å²) in [6.45, 7) is 2.20. The monoisotopic (exact) mass is 233 g/mol. The number of rotatable bonds is 3. The predicted octanol–water partition coefficient (Wildman–Crippen LogP) is 2.81. The van der Waals surface area contributed by atoms with E-state index in [-0.39, 0.29) is 12.6 Å². The summed E-state index contributed by atoms with van der Waals surface area (Å²) in [6.07, 6.45) is 1.67. The molecule has 0 aliphatic heterocycles. The number of hydrogen-bond acceptors (Lipinski definition) is 4. The number of hydrogen-bond donors (Lipinski definition) is 0. The first-order valence-corrected chi connectivity index (χ1v) is 5.71. The molecule has 4 heteroatoms. The van der Waals surface area contributed by atoms with E-state index in [0.29, 0.717) is 5.01 Å². The summed E-state index contributed by atoms with van der Waals surface area (Å²) in [4.78, 5) is 16.5. The molecule has 0 atom stereocenters. The summed E-state index contributed by atoms with van der Waals surface area (Å²) >= 11 is 1.35. The van der Waals surface area contributed by atoms with Gasteiger partial charge in [-0.25, -0.2) is 9.78 Å². The summed E-state index contributed by atoms with van der Waals surface area (Å²) in [5.74, 6) is -0.359. The van der Waals surface area contributed by atoms with Crippen molar-refractivity contribution in [2.24, 2.45) is 0 Å². The van der Waals surface area contributed by atoms with E-state index in [1.165, 1.54) is 11.3 Å². The van der Waals surface area contributed by atoms with Gasteiger partial charge in [-0.2, -0.15) is 0 Å². The Labute approximate surface area is 97.7 Å². The molecule has 0 unspecified atom stereocenters. The van der Waals surface area contributed by atoms with Gasteiger partial charge >= 0.3 is 5.97 Å². The molecule has 3 nitrogen and oxygen atoms in total. The second-order valence-electron chi connectivity index (χ2n) is 3.34. The van der Waals surface area contributed by atoms with E-state index in [1.807, 2.05) is 37.3 Å². The quantitative estimate of drug-likeness (QED) is 0.765. The van der Waals surface area contributed by atoms with E-state index in [2.05, 4.69) is 4.98 Å². The van der Waals surface area contributed by atoms with Crippen LogP contribution in [0, 0.1) is 6.92 Å². The van der Waals surface area contributed by atoms with Gasteiger partial charge < -0.3 is 4.74 Å². The molecule has 0 fully saturated rings. The van der Waals surface area contributed by atoms with Gasteiger partial charge in [0.05, 0.1) is 0 Å². The molecular formula is C12H11NO2S. The zero-order valence-electron chi connectivity index (χ0n) is 8.84. The number of carbonyl (C=O) groups is 1. The minimum absolute atomic E-state index is 0.290. The fourth-order valence-corrected chi connectivity index (χ4v) is 1.89. The van der Waals surface area contributed by atoms with Crippen LogP contribution in [0.4, 0.5) is 0 Å². The van der Waals surface area contributed by atoms with Crippen LogP contribution < -0.4 is 0 Å². The molecule has 2 aromatic rings. The maximum absolute atomic E-state index is 11.6. The minimum atomic E-state index is -0.359. The average molecular weight is 233 g/mol. The summed E-state index contributed by atoms with van der Waals surface area (Å²) in [5.41, 5.74) is 0.976. The van der Waals surface area contributed by atoms with Crippen LogP contribution in [0.15, 0.2) is 36.5 Å². The molecule has 82 valence electrons. The Morgan fingerprint density at radius 2 is 2.12 bits per heavy atom. The van der Waals surface area contributed by atoms with E-state index in [4.69, 9.17) is 4.74 Å². The molecular weight excluding hydrogens is 222 g/mol. The lowest BCUT2D eigenvalue weighted by Crippen LogP contribution is -2.04. The van der Waals surface area contributed by atoms with Crippen molar-refractivity contribution in [1.82, 2.24) is 4.98 Å². The van der Waals surface area contributed by atoms with E-state index in [0.717, 1.165) is 10.4 Å². The largest absolute Gasteiger partial charge is 0.455 e. The topological polar surface area (TPSA) is 39.2 Å². The molecule has 0 radical (unpaired) electrons. The third kappa shape index (κ3) is 2.67. The van der Waals surface area contributed by atoms with E-state index in [1.54, 1.807) is 6.20 Å². The standard InChI is InChI=1S/C12H11NO2S/c1-9-7-13-11(16-9)12(14)15-8-10-5-3-2-4-6-10/h2-7H,8H2,1H3. The summed E-state index contributed by atoms with van der Waals surface area (Å²) in [5, 5.41) is 0.411. The number of ether oxygens (including phenoxy) is 1. The first-order chi connectivity index (χ1) is 7.75. The second-order valence-corrected chi connectivity index (χ2v) is 4.57. The number of benzene rings is 1. The summed E-state index contributed by atoms with van der Waals surface area (Å²) < 4.78 is 5.14. The lowest BCUT2D eigenvalue weighted by molar-refractivity contribution is 0.0472. The van der Waals surface area contributed by atoms with Gasteiger partial charge in [-0.05, 0) is 12.5 Å². The zero-order chi connectivity index (χ0) is 11.4. The number of thiazole rings is 1. The molecule has 0 spiro atoms. The van der Waals surface area contributed by atoms with Crippen LogP contribution in [-0.4, -0.2) is 11.0 Å². The molecule has 0 saturated heterocycles. The van der Waals surface area contributed by atoms with Crippen molar-refractivity contribution in [2.75, 3.05) is 0 Å². The molecule has 1 aromatic carbocycles. The lowest BCUT2D eigenvalue weighted by atomic mass is 10.2. The number of aromatic nitrogens is 1. The normalized spacial score (nSPS) is 10.1. The van der Waals surface area contributed by atoms with Gasteiger partial charge in [-0.3, -0.25) is 0 Å². The van der Waals surface area contributed by atoms with Gasteiger partial charge in [-0.1, -0.05) is 30.3 Å². The van der Waals surface area contributed by atoms with Gasteiger partial charge in [0.1, 0.15) is 6.61 Å². The highest BCUT2D eigenvalue weighted by Gasteiger charge is 2.11. The van der Waals surface area contributed by atoms with E-state index < -0.39 is 0 Å². The van der Waals surface area contributed by atoms with Crippen molar-refractivity contribution in [1.29, 1.82) is 0 Å². The minimum Gasteiger partial charge on any atom is -0.455 e. The number of esters is 1. The Hall–Kier alpha value is -1.68. The fraction of sp³-hybridized carbons (Fsp3) is 0.167. The first-order valence-electron chi connectivity index (χ1n) is 4.89. The molecule has 1 aromatic heterocycles. The van der Waals surface area contributed by atoms with Crippen LogP contribution in [0.2, 0.25) is 0 Å². The van der Waals surface area contributed by atoms with Crippen molar-refractivity contribution >= 4 is 17.3 Å². The van der Waals surface area contributed by atoms with Crippen molar-refractivity contribution in [3.63, 3.8) is 0 Å². The van der Waals surface area contributed by atoms with Crippen molar-refractivity contribution in [2.45, 2.75) is 13.5 Å². The molecule has 16 heavy (non-hydrogen) atoms. The Kier molecular flexibility index (Phi) is 3.31. The Morgan fingerprint density at radius 1 is 1.38 bits per heavy atom. The molecule has 2 rings (SSSR count). The van der Waals surface area contributed by atoms with Gasteiger partial charge in [0.25, 0.3) is 0 Å². The van der Waals surface area contributed by atoms with Crippen LogP contribution in [-0.2, 0) is 11.3 Å². The molecule has 1 heterocycles. The van der Waals surface area contributed by atoms with Crippen LogP contribution >= 0.6 is 11.3 Å². The number of nitrogens with zero attached hydrogens (tertiary/aromatic N) is 1. The van der Waals surface area contributed by atoms with E-state index in [9.17, 15) is 4.79 Å². The number of aryl methyl sites for hydroxylation is 1. The SMILES string of the molecule is Cc1cnc(C(=O)OCc2ccccc2)s1. The highest BCUT2D eigenvalue weighted by atomic mass is 32.1. The molecule has 0 N–H and O–H groups in total. The van der Waals surface area contributed by atoms with Crippen molar-refractivity contribution in [3.05, 3.63) is 52.0 Å². The van der Waals surface area contributed by atoms with Gasteiger partial charge in [0.15, 0.2) is 0 Å². The molecule has 0 saturated carbocycles. The second kappa shape index (κ2) is 4.90. The Morgan fingerprint density at radius 3 is 2.75 bits per heavy atom. The molecule has 0 aliphatic carbocycles. The third-order valence-electron chi connectivity index (χ3n) is 2.01. The summed E-state index contributed by atoms with van der Waals surface area (Å²) in [7, 11) is 0. The first kappa shape index (κ1) is 10.8. The Balaban J connectivity index is 1.94. The molecule has 0 bridgehead atoms. The smallest absolute Gasteiger partial charge is 0.367 e.